The molecule has 0 aromatic heterocycles. The molecule has 0 saturated carbocycles. The minimum atomic E-state index is -0.766. The van der Waals surface area contributed by atoms with Gasteiger partial charge in [0.2, 0.25) is 0 Å². The Balaban J connectivity index is 1.26. The van der Waals surface area contributed by atoms with Crippen LogP contribution in [0, 0.1) is 5.41 Å². The Morgan fingerprint density at radius 2 is 1.05 bits per heavy atom. The van der Waals surface area contributed by atoms with Crippen LogP contribution < -0.4 is 7.58 Å². The van der Waals surface area contributed by atoms with Gasteiger partial charge in [-0.25, -0.2) is 0 Å². The second-order valence-corrected chi connectivity index (χ2v) is 10.9. The van der Waals surface area contributed by atoms with Gasteiger partial charge in [-0.05, 0) is 46.5 Å². The van der Waals surface area contributed by atoms with E-state index in [1.165, 1.54) is 16.7 Å². The molecule has 4 heteroatoms. The summed E-state index contributed by atoms with van der Waals surface area (Å²) < 4.78 is 12.4. The number of aliphatic imine (C=N–C) groups is 1. The Hall–Kier alpha value is -4.36. The Morgan fingerprint density at radius 1 is 0.525 bits per heavy atom. The SMILES string of the molecule is CC1(C)C(c2ccccc2[O][Al][O]c2ccc(-c3ccccc3)cc2)=NC(c2ccccc2)=C1c1ccccc1. The molecule has 6 rings (SSSR count). The average molecular weight is 535 g/mol. The molecular weight excluding hydrogens is 505 g/mol. The van der Waals surface area contributed by atoms with Gasteiger partial charge in [-0.15, -0.1) is 0 Å². The van der Waals surface area contributed by atoms with E-state index >= 15 is 0 Å². The summed E-state index contributed by atoms with van der Waals surface area (Å²) in [4.78, 5) is 5.29. The summed E-state index contributed by atoms with van der Waals surface area (Å²) in [6, 6.07) is 47.6. The highest BCUT2D eigenvalue weighted by atomic mass is 27.2. The van der Waals surface area contributed by atoms with E-state index in [-0.39, 0.29) is 5.41 Å². The van der Waals surface area contributed by atoms with E-state index < -0.39 is 15.9 Å². The summed E-state index contributed by atoms with van der Waals surface area (Å²) in [6.45, 7) is 4.50. The molecule has 0 aliphatic carbocycles. The monoisotopic (exact) mass is 534 g/mol. The summed E-state index contributed by atoms with van der Waals surface area (Å²) in [6.07, 6.45) is 0. The third-order valence-corrected chi connectivity index (χ3v) is 7.97. The molecule has 40 heavy (non-hydrogen) atoms. The van der Waals surface area contributed by atoms with Crippen molar-refractivity contribution in [3.05, 3.63) is 156 Å². The van der Waals surface area contributed by atoms with Crippen molar-refractivity contribution < 1.29 is 7.58 Å². The van der Waals surface area contributed by atoms with Gasteiger partial charge in [0.25, 0.3) is 0 Å². The molecular formula is C36H29AlNO2. The molecule has 1 aliphatic heterocycles. The molecule has 0 atom stereocenters. The fourth-order valence-electron chi connectivity index (χ4n) is 5.28. The standard InChI is InChI=1S/C24H21NO.C12H10O.Al/c1-24(2)21(17-11-5-3-6-12-17)22(18-13-7-4-8-14-18)25-23(24)19-15-9-10-16-20(19)26;13-12-8-6-11(7-9-12)10-4-2-1-3-5-10;/h3-16,26H,1-2H3;1-9,13H;/q;;+2/p-2. The van der Waals surface area contributed by atoms with Crippen LogP contribution in [-0.4, -0.2) is 21.6 Å². The highest BCUT2D eigenvalue weighted by Gasteiger charge is 2.40. The van der Waals surface area contributed by atoms with Crippen LogP contribution in [0.1, 0.15) is 30.5 Å². The van der Waals surface area contributed by atoms with Crippen molar-refractivity contribution in [3.63, 3.8) is 0 Å². The molecule has 0 N–H and O–H groups in total. The van der Waals surface area contributed by atoms with Gasteiger partial charge in [0, 0.05) is 16.5 Å². The number of para-hydroxylation sites is 1. The number of hydrogen-bond acceptors (Lipinski definition) is 3. The molecule has 0 unspecified atom stereocenters. The highest BCUT2D eigenvalue weighted by molar-refractivity contribution is 6.24. The minimum Gasteiger partial charge on any atom is -0.616 e. The van der Waals surface area contributed by atoms with E-state index in [2.05, 4.69) is 98.8 Å². The van der Waals surface area contributed by atoms with E-state index in [9.17, 15) is 0 Å². The lowest BCUT2D eigenvalue weighted by molar-refractivity contribution is 0.458. The second kappa shape index (κ2) is 11.4. The molecule has 5 aromatic rings. The van der Waals surface area contributed by atoms with Gasteiger partial charge in [0.1, 0.15) is 0 Å². The smallest absolute Gasteiger partial charge is 0.616 e. The lowest BCUT2D eigenvalue weighted by Crippen LogP contribution is -2.25. The topological polar surface area (TPSA) is 30.8 Å². The molecule has 3 nitrogen and oxygen atoms in total. The maximum Gasteiger partial charge on any atom is 0.881 e. The van der Waals surface area contributed by atoms with Crippen molar-refractivity contribution in [1.29, 1.82) is 0 Å². The van der Waals surface area contributed by atoms with Crippen LogP contribution in [-0.2, 0) is 0 Å². The first-order chi connectivity index (χ1) is 19.6. The van der Waals surface area contributed by atoms with E-state index in [0.29, 0.717) is 0 Å². The van der Waals surface area contributed by atoms with E-state index in [4.69, 9.17) is 12.6 Å². The van der Waals surface area contributed by atoms with Gasteiger partial charge in [0.05, 0.1) is 22.9 Å². The number of allylic oxidation sites excluding steroid dienone is 1. The Bertz CT molecular complexity index is 1660. The Morgan fingerprint density at radius 3 is 1.70 bits per heavy atom. The van der Waals surface area contributed by atoms with Crippen molar-refractivity contribution in [2.24, 2.45) is 10.4 Å². The predicted molar refractivity (Wildman–Crippen MR) is 165 cm³/mol. The normalized spacial score (nSPS) is 14.0. The van der Waals surface area contributed by atoms with Crippen molar-refractivity contribution in [2.75, 3.05) is 0 Å². The van der Waals surface area contributed by atoms with Crippen LogP contribution in [0.25, 0.3) is 22.4 Å². The highest BCUT2D eigenvalue weighted by Crippen LogP contribution is 2.49. The van der Waals surface area contributed by atoms with E-state index in [1.807, 2.05) is 54.6 Å². The molecule has 1 aliphatic rings. The molecule has 0 bridgehead atoms. The molecule has 0 fully saturated rings. The largest absolute Gasteiger partial charge is 0.881 e. The first kappa shape index (κ1) is 25.9. The molecule has 1 radical (unpaired) electrons. The zero-order valence-corrected chi connectivity index (χ0v) is 23.8. The second-order valence-electron chi connectivity index (χ2n) is 10.3. The summed E-state index contributed by atoms with van der Waals surface area (Å²) in [5.74, 6) is 1.58. The summed E-state index contributed by atoms with van der Waals surface area (Å²) in [5, 5.41) is 0. The van der Waals surface area contributed by atoms with Crippen LogP contribution in [0.15, 0.2) is 145 Å². The van der Waals surface area contributed by atoms with Crippen LogP contribution in [0.2, 0.25) is 0 Å². The number of rotatable bonds is 8. The Labute approximate surface area is 242 Å². The fourth-order valence-corrected chi connectivity index (χ4v) is 5.90. The lowest BCUT2D eigenvalue weighted by Gasteiger charge is -2.27. The molecule has 193 valence electrons. The quantitative estimate of drug-likeness (QED) is 0.186. The minimum absolute atomic E-state index is 0.338. The van der Waals surface area contributed by atoms with Crippen LogP contribution >= 0.6 is 0 Å². The van der Waals surface area contributed by atoms with Crippen LogP contribution in [0.4, 0.5) is 0 Å². The summed E-state index contributed by atoms with van der Waals surface area (Å²) >= 11 is -0.766. The molecule has 0 amide bonds. The molecule has 0 spiro atoms. The average Bonchev–Trinajstić information content (AvgIpc) is 3.29. The summed E-state index contributed by atoms with van der Waals surface area (Å²) in [7, 11) is 0. The zero-order valence-electron chi connectivity index (χ0n) is 22.6. The third kappa shape index (κ3) is 5.25. The zero-order chi connectivity index (χ0) is 27.4. The molecule has 5 aromatic carbocycles. The fraction of sp³-hybridized carbons (Fsp3) is 0.0833. The third-order valence-electron chi connectivity index (χ3n) is 7.25. The van der Waals surface area contributed by atoms with Crippen LogP contribution in [0.3, 0.4) is 0 Å². The van der Waals surface area contributed by atoms with Crippen LogP contribution in [0.5, 0.6) is 11.5 Å². The van der Waals surface area contributed by atoms with Crippen molar-refractivity contribution in [2.45, 2.75) is 13.8 Å². The maximum absolute atomic E-state index is 6.31. The van der Waals surface area contributed by atoms with Crippen molar-refractivity contribution in [1.82, 2.24) is 0 Å². The first-order valence-electron chi connectivity index (χ1n) is 13.5. The number of benzene rings is 5. The number of nitrogens with zero attached hydrogens (tertiary/aromatic N) is 1. The maximum atomic E-state index is 6.31. The van der Waals surface area contributed by atoms with Gasteiger partial charge in [-0.3, -0.25) is 4.99 Å². The van der Waals surface area contributed by atoms with Gasteiger partial charge in [-0.1, -0.05) is 129 Å². The lowest BCUT2D eigenvalue weighted by atomic mass is 9.75. The van der Waals surface area contributed by atoms with Crippen molar-refractivity contribution >= 4 is 32.9 Å². The summed E-state index contributed by atoms with van der Waals surface area (Å²) in [5.41, 5.74) is 8.49. The molecule has 0 saturated heterocycles. The van der Waals surface area contributed by atoms with Crippen molar-refractivity contribution in [3.8, 4) is 22.6 Å². The number of hydrogen-bond donors (Lipinski definition) is 0. The van der Waals surface area contributed by atoms with E-state index in [0.717, 1.165) is 39.6 Å². The van der Waals surface area contributed by atoms with Gasteiger partial charge in [0.15, 0.2) is 0 Å². The first-order valence-corrected chi connectivity index (χ1v) is 14.4. The van der Waals surface area contributed by atoms with Gasteiger partial charge in [-0.2, -0.15) is 0 Å². The van der Waals surface area contributed by atoms with Gasteiger partial charge >= 0.3 is 15.9 Å². The van der Waals surface area contributed by atoms with Gasteiger partial charge < -0.3 is 7.58 Å². The molecule has 1 heterocycles. The van der Waals surface area contributed by atoms with E-state index in [1.54, 1.807) is 0 Å². The Kier molecular flexibility index (Phi) is 7.38. The predicted octanol–water partition coefficient (Wildman–Crippen LogP) is 8.74.